The lowest BCUT2D eigenvalue weighted by Crippen LogP contribution is -2.45. The van der Waals surface area contributed by atoms with Crippen molar-refractivity contribution in [1.29, 1.82) is 0 Å². The van der Waals surface area contributed by atoms with Crippen LogP contribution in [-0.4, -0.2) is 47.9 Å². The fourth-order valence-corrected chi connectivity index (χ4v) is 4.27. The first-order chi connectivity index (χ1) is 14.7. The highest BCUT2D eigenvalue weighted by molar-refractivity contribution is 5.92. The molecule has 160 valence electrons. The molecule has 7 heteroatoms. The molecule has 0 bridgehead atoms. The Kier molecular flexibility index (Phi) is 6.67. The quantitative estimate of drug-likeness (QED) is 0.819. The smallest absolute Gasteiger partial charge is 0.289 e. The van der Waals surface area contributed by atoms with Crippen molar-refractivity contribution < 1.29 is 14.0 Å². The Morgan fingerprint density at radius 1 is 1.07 bits per heavy atom. The summed E-state index contributed by atoms with van der Waals surface area (Å²) in [6.07, 6.45) is 10.00. The maximum atomic E-state index is 12.7. The van der Waals surface area contributed by atoms with E-state index in [4.69, 9.17) is 4.42 Å². The molecule has 2 aromatic rings. The van der Waals surface area contributed by atoms with E-state index >= 15 is 0 Å². The van der Waals surface area contributed by atoms with Crippen molar-refractivity contribution in [3.8, 4) is 0 Å². The van der Waals surface area contributed by atoms with Crippen LogP contribution in [0.4, 0.5) is 5.82 Å². The van der Waals surface area contributed by atoms with Gasteiger partial charge in [0, 0.05) is 38.9 Å². The number of carbonyl (C=O) groups is 2. The van der Waals surface area contributed by atoms with Gasteiger partial charge in [-0.15, -0.1) is 0 Å². The standard InChI is InChI=1S/C23H30N4O3/c28-22(19-7-5-13-27(17-19)23(29)20-8-6-14-30-20)25-16-18-9-10-21(24-15-18)26-11-3-1-2-4-12-26/h6,8-10,14-15,19H,1-5,7,11-13,16-17H2,(H,25,28)/t19-/m1/s1. The second-order valence-electron chi connectivity index (χ2n) is 8.21. The molecule has 2 aliphatic heterocycles. The van der Waals surface area contributed by atoms with Crippen LogP contribution in [0.3, 0.4) is 0 Å². The van der Waals surface area contributed by atoms with Crippen molar-refractivity contribution in [2.24, 2.45) is 5.92 Å². The second-order valence-corrected chi connectivity index (χ2v) is 8.21. The summed E-state index contributed by atoms with van der Waals surface area (Å²) < 4.78 is 5.21. The number of furan rings is 1. The maximum absolute atomic E-state index is 12.7. The largest absolute Gasteiger partial charge is 0.459 e. The summed E-state index contributed by atoms with van der Waals surface area (Å²) >= 11 is 0. The molecule has 4 heterocycles. The molecule has 0 unspecified atom stereocenters. The molecule has 1 atom stereocenters. The summed E-state index contributed by atoms with van der Waals surface area (Å²) in [6.45, 7) is 3.67. The van der Waals surface area contributed by atoms with Crippen LogP contribution < -0.4 is 10.2 Å². The number of piperidine rings is 1. The number of hydrogen-bond donors (Lipinski definition) is 1. The average Bonchev–Trinajstić information content (AvgIpc) is 3.20. The Balaban J connectivity index is 1.28. The van der Waals surface area contributed by atoms with E-state index in [1.54, 1.807) is 17.0 Å². The minimum absolute atomic E-state index is 0.0106. The lowest BCUT2D eigenvalue weighted by molar-refractivity contribution is -0.126. The number of hydrogen-bond acceptors (Lipinski definition) is 5. The van der Waals surface area contributed by atoms with Crippen molar-refractivity contribution in [3.63, 3.8) is 0 Å². The fourth-order valence-electron chi connectivity index (χ4n) is 4.27. The Bertz CT molecular complexity index is 827. The molecule has 4 rings (SSSR count). The van der Waals surface area contributed by atoms with Crippen molar-refractivity contribution in [1.82, 2.24) is 15.2 Å². The Morgan fingerprint density at radius 3 is 2.60 bits per heavy atom. The highest BCUT2D eigenvalue weighted by Gasteiger charge is 2.29. The third-order valence-electron chi connectivity index (χ3n) is 6.02. The Labute approximate surface area is 177 Å². The maximum Gasteiger partial charge on any atom is 0.289 e. The number of rotatable bonds is 5. The first-order valence-electron chi connectivity index (χ1n) is 11.0. The van der Waals surface area contributed by atoms with Crippen LogP contribution in [0, 0.1) is 5.92 Å². The summed E-state index contributed by atoms with van der Waals surface area (Å²) in [5, 5.41) is 3.02. The summed E-state index contributed by atoms with van der Waals surface area (Å²) in [4.78, 5) is 33.8. The summed E-state index contributed by atoms with van der Waals surface area (Å²) in [5.74, 6) is 0.995. The van der Waals surface area contributed by atoms with Gasteiger partial charge in [0.25, 0.3) is 5.91 Å². The topological polar surface area (TPSA) is 78.7 Å². The van der Waals surface area contributed by atoms with Gasteiger partial charge in [-0.25, -0.2) is 4.98 Å². The van der Waals surface area contributed by atoms with E-state index in [0.717, 1.165) is 37.3 Å². The van der Waals surface area contributed by atoms with Gasteiger partial charge in [0.05, 0.1) is 12.2 Å². The molecule has 1 N–H and O–H groups in total. The molecule has 30 heavy (non-hydrogen) atoms. The van der Waals surface area contributed by atoms with Gasteiger partial charge in [0.1, 0.15) is 5.82 Å². The molecule has 0 saturated carbocycles. The van der Waals surface area contributed by atoms with Gasteiger partial charge in [-0.2, -0.15) is 0 Å². The molecular weight excluding hydrogens is 380 g/mol. The van der Waals surface area contributed by atoms with Crippen molar-refractivity contribution in [3.05, 3.63) is 48.0 Å². The molecule has 2 aliphatic rings. The molecule has 2 amide bonds. The summed E-state index contributed by atoms with van der Waals surface area (Å²) in [7, 11) is 0. The zero-order valence-corrected chi connectivity index (χ0v) is 17.4. The van der Waals surface area contributed by atoms with Gasteiger partial charge in [-0.3, -0.25) is 9.59 Å². The highest BCUT2D eigenvalue weighted by Crippen LogP contribution is 2.20. The zero-order chi connectivity index (χ0) is 20.8. The van der Waals surface area contributed by atoms with Crippen molar-refractivity contribution >= 4 is 17.6 Å². The first-order valence-corrected chi connectivity index (χ1v) is 11.0. The number of nitrogens with one attached hydrogen (secondary N) is 1. The first kappa shape index (κ1) is 20.4. The monoisotopic (exact) mass is 410 g/mol. The lowest BCUT2D eigenvalue weighted by Gasteiger charge is -2.31. The van der Waals surface area contributed by atoms with E-state index in [1.165, 1.54) is 31.9 Å². The molecule has 0 aliphatic carbocycles. The predicted octanol–water partition coefficient (Wildman–Crippen LogP) is 3.22. The normalized spacial score (nSPS) is 19.9. The van der Waals surface area contributed by atoms with Gasteiger partial charge in [-0.05, 0) is 49.4 Å². The summed E-state index contributed by atoms with van der Waals surface area (Å²) in [5.41, 5.74) is 0.987. The van der Waals surface area contributed by atoms with E-state index in [9.17, 15) is 9.59 Å². The molecule has 2 saturated heterocycles. The third kappa shape index (κ3) is 5.01. The van der Waals surface area contributed by atoms with Gasteiger partial charge in [0.15, 0.2) is 5.76 Å². The van der Waals surface area contributed by atoms with Crippen molar-refractivity contribution in [2.45, 2.75) is 45.1 Å². The Hall–Kier alpha value is -2.83. The number of aromatic nitrogens is 1. The molecule has 7 nitrogen and oxygen atoms in total. The molecule has 0 spiro atoms. The number of nitrogens with zero attached hydrogens (tertiary/aromatic N) is 3. The second kappa shape index (κ2) is 9.78. The molecule has 2 fully saturated rings. The molecule has 0 aromatic carbocycles. The third-order valence-corrected chi connectivity index (χ3v) is 6.02. The molecule has 0 radical (unpaired) electrons. The highest BCUT2D eigenvalue weighted by atomic mass is 16.3. The van der Waals surface area contributed by atoms with Gasteiger partial charge < -0.3 is 19.5 Å². The molecular formula is C23H30N4O3. The number of carbonyl (C=O) groups excluding carboxylic acids is 2. The lowest BCUT2D eigenvalue weighted by atomic mass is 9.97. The van der Waals surface area contributed by atoms with Crippen LogP contribution in [-0.2, 0) is 11.3 Å². The number of pyridine rings is 1. The van der Waals surface area contributed by atoms with Gasteiger partial charge >= 0.3 is 0 Å². The number of likely N-dealkylation sites (tertiary alicyclic amines) is 1. The van der Waals surface area contributed by atoms with Crippen LogP contribution >= 0.6 is 0 Å². The average molecular weight is 411 g/mol. The fraction of sp³-hybridized carbons (Fsp3) is 0.522. The number of anilines is 1. The van der Waals surface area contributed by atoms with Crippen LogP contribution in [0.1, 0.15) is 54.6 Å². The van der Waals surface area contributed by atoms with E-state index < -0.39 is 0 Å². The van der Waals surface area contributed by atoms with Crippen LogP contribution in [0.15, 0.2) is 41.1 Å². The zero-order valence-electron chi connectivity index (χ0n) is 17.4. The summed E-state index contributed by atoms with van der Waals surface area (Å²) in [6, 6.07) is 7.46. The van der Waals surface area contributed by atoms with E-state index in [-0.39, 0.29) is 17.7 Å². The van der Waals surface area contributed by atoms with Crippen LogP contribution in [0.5, 0.6) is 0 Å². The number of amides is 2. The van der Waals surface area contributed by atoms with E-state index in [0.29, 0.717) is 25.4 Å². The minimum Gasteiger partial charge on any atom is -0.459 e. The minimum atomic E-state index is -0.193. The van der Waals surface area contributed by atoms with Crippen LogP contribution in [0.2, 0.25) is 0 Å². The molecule has 2 aromatic heterocycles. The van der Waals surface area contributed by atoms with E-state index in [1.807, 2.05) is 12.3 Å². The predicted molar refractivity (Wildman–Crippen MR) is 114 cm³/mol. The van der Waals surface area contributed by atoms with Gasteiger partial charge in [-0.1, -0.05) is 18.9 Å². The SMILES string of the molecule is O=C(NCc1ccc(N2CCCCCC2)nc1)[C@@H]1CCCN(C(=O)c2ccco2)C1. The van der Waals surface area contributed by atoms with Crippen molar-refractivity contribution in [2.75, 3.05) is 31.1 Å². The van der Waals surface area contributed by atoms with E-state index in [2.05, 4.69) is 21.3 Å². The van der Waals surface area contributed by atoms with Crippen LogP contribution in [0.25, 0.3) is 0 Å². The Morgan fingerprint density at radius 2 is 1.90 bits per heavy atom. The van der Waals surface area contributed by atoms with Gasteiger partial charge in [0.2, 0.25) is 5.91 Å².